The van der Waals surface area contributed by atoms with Crippen LogP contribution in [0.1, 0.15) is 25.8 Å². The summed E-state index contributed by atoms with van der Waals surface area (Å²) < 4.78 is 1.29. The van der Waals surface area contributed by atoms with E-state index in [2.05, 4.69) is 39.9 Å². The van der Waals surface area contributed by atoms with Crippen molar-refractivity contribution in [3.8, 4) is 0 Å². The smallest absolute Gasteiger partial charge is 0.322 e. The molecule has 0 radical (unpaired) electrons. The number of rotatable bonds is 3. The summed E-state index contributed by atoms with van der Waals surface area (Å²) in [6.45, 7) is 5.98. The summed E-state index contributed by atoms with van der Waals surface area (Å²) in [6.07, 6.45) is 0.683. The predicted molar refractivity (Wildman–Crippen MR) is 95.0 cm³/mol. The van der Waals surface area contributed by atoms with E-state index in [0.717, 1.165) is 13.1 Å². The van der Waals surface area contributed by atoms with Gasteiger partial charge in [0.25, 0.3) is 5.91 Å². The maximum absolute atomic E-state index is 12.8. The fourth-order valence-electron chi connectivity index (χ4n) is 3.81. The molecule has 2 fully saturated rings. The van der Waals surface area contributed by atoms with E-state index in [1.54, 1.807) is 11.3 Å². The van der Waals surface area contributed by atoms with Gasteiger partial charge in [-0.15, -0.1) is 11.3 Å². The second-order valence-electron chi connectivity index (χ2n) is 7.00. The Balaban J connectivity index is 1.53. The molecule has 2 saturated heterocycles. The zero-order chi connectivity index (χ0) is 16.9. The highest BCUT2D eigenvalue weighted by molar-refractivity contribution is 7.17. The van der Waals surface area contributed by atoms with E-state index in [0.29, 0.717) is 13.0 Å². The third-order valence-electron chi connectivity index (χ3n) is 5.01. The third-order valence-corrected chi connectivity index (χ3v) is 6.03. The highest BCUT2D eigenvalue weighted by atomic mass is 32.1. The number of urea groups is 1. The number of carbonyl (C=O) groups is 2. The van der Waals surface area contributed by atoms with Gasteiger partial charge in [0.05, 0.1) is 0 Å². The van der Waals surface area contributed by atoms with Crippen molar-refractivity contribution < 1.29 is 9.59 Å². The molecule has 1 aromatic carbocycles. The number of nitrogens with zero attached hydrogens (tertiary/aromatic N) is 2. The summed E-state index contributed by atoms with van der Waals surface area (Å²) in [7, 11) is 0. The van der Waals surface area contributed by atoms with Crippen LogP contribution in [0.15, 0.2) is 29.6 Å². The van der Waals surface area contributed by atoms with E-state index >= 15 is 0 Å². The van der Waals surface area contributed by atoms with Gasteiger partial charge < -0.3 is 5.32 Å². The Kier molecular flexibility index (Phi) is 3.62. The summed E-state index contributed by atoms with van der Waals surface area (Å²) >= 11 is 1.75. The number of likely N-dealkylation sites (tertiary alicyclic amines) is 1. The molecule has 0 aliphatic carbocycles. The molecular weight excluding hydrogens is 322 g/mol. The van der Waals surface area contributed by atoms with Crippen LogP contribution in [-0.4, -0.2) is 46.4 Å². The van der Waals surface area contributed by atoms with Gasteiger partial charge in [0.15, 0.2) is 0 Å². The van der Waals surface area contributed by atoms with Crippen molar-refractivity contribution in [2.45, 2.75) is 38.4 Å². The lowest BCUT2D eigenvalue weighted by atomic mass is 9.98. The predicted octanol–water partition coefficient (Wildman–Crippen LogP) is 2.81. The Morgan fingerprint density at radius 2 is 2.08 bits per heavy atom. The number of thiophene rings is 1. The van der Waals surface area contributed by atoms with Crippen LogP contribution in [0.5, 0.6) is 0 Å². The minimum absolute atomic E-state index is 0.0693. The van der Waals surface area contributed by atoms with Gasteiger partial charge in [-0.1, -0.05) is 18.2 Å². The number of hydrogen-bond acceptors (Lipinski definition) is 4. The lowest BCUT2D eigenvalue weighted by Crippen LogP contribution is -2.49. The van der Waals surface area contributed by atoms with Crippen molar-refractivity contribution in [3.05, 3.63) is 35.2 Å². The Morgan fingerprint density at radius 1 is 1.29 bits per heavy atom. The lowest BCUT2D eigenvalue weighted by Gasteiger charge is -2.23. The molecule has 1 spiro atoms. The van der Waals surface area contributed by atoms with Crippen molar-refractivity contribution in [1.29, 1.82) is 0 Å². The van der Waals surface area contributed by atoms with Crippen LogP contribution >= 0.6 is 11.3 Å². The Hall–Kier alpha value is -1.92. The molecule has 2 aliphatic heterocycles. The topological polar surface area (TPSA) is 52.7 Å². The molecule has 1 atom stereocenters. The summed E-state index contributed by atoms with van der Waals surface area (Å²) in [5, 5.41) is 6.44. The van der Waals surface area contributed by atoms with Crippen molar-refractivity contribution in [2.24, 2.45) is 0 Å². The van der Waals surface area contributed by atoms with Crippen molar-refractivity contribution in [2.75, 3.05) is 13.1 Å². The second kappa shape index (κ2) is 5.57. The van der Waals surface area contributed by atoms with Crippen LogP contribution in [0.2, 0.25) is 0 Å². The van der Waals surface area contributed by atoms with E-state index in [1.165, 1.54) is 20.5 Å². The number of imide groups is 1. The molecule has 6 heteroatoms. The first kappa shape index (κ1) is 15.6. The molecule has 5 nitrogen and oxygen atoms in total. The molecule has 4 rings (SSSR count). The average Bonchev–Trinajstić information content (AvgIpc) is 3.19. The molecule has 126 valence electrons. The first-order valence-electron chi connectivity index (χ1n) is 8.33. The van der Waals surface area contributed by atoms with Crippen LogP contribution < -0.4 is 5.32 Å². The van der Waals surface area contributed by atoms with E-state index in [1.807, 2.05) is 13.8 Å². The number of carbonyl (C=O) groups excluding carboxylic acids is 2. The third kappa shape index (κ3) is 2.32. The maximum atomic E-state index is 12.8. The molecule has 3 heterocycles. The van der Waals surface area contributed by atoms with Gasteiger partial charge in [0, 0.05) is 30.4 Å². The number of hydrogen-bond donors (Lipinski definition) is 1. The van der Waals surface area contributed by atoms with Gasteiger partial charge in [0.2, 0.25) is 0 Å². The van der Waals surface area contributed by atoms with E-state index in [4.69, 9.17) is 0 Å². The molecule has 24 heavy (non-hydrogen) atoms. The molecule has 2 aromatic rings. The van der Waals surface area contributed by atoms with Crippen LogP contribution in [0.3, 0.4) is 0 Å². The molecule has 1 aromatic heterocycles. The number of benzene rings is 1. The SMILES string of the molecule is CC(C)N1C(=O)NC2(CCN(Cc3csc4ccccc34)C2)C1=O. The molecule has 1 unspecified atom stereocenters. The Morgan fingerprint density at radius 3 is 2.83 bits per heavy atom. The summed E-state index contributed by atoms with van der Waals surface area (Å²) in [5.74, 6) is -0.0693. The lowest BCUT2D eigenvalue weighted by molar-refractivity contribution is -0.132. The average molecular weight is 343 g/mol. The molecule has 2 aliphatic rings. The largest absolute Gasteiger partial charge is 0.325 e. The Bertz CT molecular complexity index is 815. The molecular formula is C18H21N3O2S. The van der Waals surface area contributed by atoms with E-state index in [9.17, 15) is 9.59 Å². The highest BCUT2D eigenvalue weighted by Crippen LogP contribution is 2.32. The molecule has 1 N–H and O–H groups in total. The number of fused-ring (bicyclic) bond motifs is 1. The molecule has 3 amide bonds. The van der Waals surface area contributed by atoms with Gasteiger partial charge in [-0.3, -0.25) is 14.6 Å². The minimum atomic E-state index is -0.729. The normalized spacial score (nSPS) is 24.7. The van der Waals surface area contributed by atoms with Crippen molar-refractivity contribution in [1.82, 2.24) is 15.1 Å². The maximum Gasteiger partial charge on any atom is 0.325 e. The first-order valence-corrected chi connectivity index (χ1v) is 9.21. The standard InChI is InChI=1S/C18H21N3O2S/c1-12(2)21-16(22)18(19-17(21)23)7-8-20(11-18)9-13-10-24-15-6-4-3-5-14(13)15/h3-6,10,12H,7-9,11H2,1-2H3,(H,19,23). The number of amides is 3. The number of nitrogens with one attached hydrogen (secondary N) is 1. The second-order valence-corrected chi connectivity index (χ2v) is 7.91. The van der Waals surface area contributed by atoms with Gasteiger partial charge in [-0.05, 0) is 42.7 Å². The minimum Gasteiger partial charge on any atom is -0.322 e. The van der Waals surface area contributed by atoms with Crippen LogP contribution in [0, 0.1) is 0 Å². The molecule has 0 saturated carbocycles. The zero-order valence-electron chi connectivity index (χ0n) is 13.9. The fourth-order valence-corrected chi connectivity index (χ4v) is 4.76. The van der Waals surface area contributed by atoms with Crippen molar-refractivity contribution in [3.63, 3.8) is 0 Å². The van der Waals surface area contributed by atoms with Crippen LogP contribution in [-0.2, 0) is 11.3 Å². The Labute approximate surface area is 145 Å². The molecule has 0 bridgehead atoms. The monoisotopic (exact) mass is 343 g/mol. The van der Waals surface area contributed by atoms with E-state index < -0.39 is 5.54 Å². The van der Waals surface area contributed by atoms with Crippen LogP contribution in [0.25, 0.3) is 10.1 Å². The van der Waals surface area contributed by atoms with Gasteiger partial charge in [-0.25, -0.2) is 4.79 Å². The van der Waals surface area contributed by atoms with Gasteiger partial charge in [0.1, 0.15) is 5.54 Å². The van der Waals surface area contributed by atoms with Gasteiger partial charge in [-0.2, -0.15) is 0 Å². The highest BCUT2D eigenvalue weighted by Gasteiger charge is 2.55. The quantitative estimate of drug-likeness (QED) is 0.872. The van der Waals surface area contributed by atoms with Crippen LogP contribution in [0.4, 0.5) is 4.79 Å². The fraction of sp³-hybridized carbons (Fsp3) is 0.444. The van der Waals surface area contributed by atoms with E-state index in [-0.39, 0.29) is 18.0 Å². The summed E-state index contributed by atoms with van der Waals surface area (Å²) in [4.78, 5) is 28.6. The van der Waals surface area contributed by atoms with Gasteiger partial charge >= 0.3 is 6.03 Å². The zero-order valence-corrected chi connectivity index (χ0v) is 14.7. The summed E-state index contributed by atoms with van der Waals surface area (Å²) in [6, 6.07) is 8.04. The van der Waals surface area contributed by atoms with Crippen molar-refractivity contribution >= 4 is 33.4 Å². The summed E-state index contributed by atoms with van der Waals surface area (Å²) in [5.41, 5.74) is 0.567. The first-order chi connectivity index (χ1) is 11.5.